The molecule has 5 heteroatoms. The summed E-state index contributed by atoms with van der Waals surface area (Å²) in [6, 6.07) is 4.99. The molecule has 1 aromatic carbocycles. The van der Waals surface area contributed by atoms with Gasteiger partial charge >= 0.3 is 5.97 Å². The number of benzene rings is 1. The molecule has 4 N–H and O–H groups in total. The van der Waals surface area contributed by atoms with Gasteiger partial charge < -0.3 is 16.2 Å². The number of anilines is 1. The van der Waals surface area contributed by atoms with Crippen molar-refractivity contribution in [2.45, 2.75) is 20.8 Å². The van der Waals surface area contributed by atoms with Gasteiger partial charge in [0, 0.05) is 17.8 Å². The van der Waals surface area contributed by atoms with Gasteiger partial charge in [-0.2, -0.15) is 0 Å². The molecule has 1 aromatic rings. The number of aryl methyl sites for hydroxylation is 1. The number of carboxylic acid groups (broad SMARTS) is 1. The van der Waals surface area contributed by atoms with E-state index >= 15 is 0 Å². The van der Waals surface area contributed by atoms with Crippen LogP contribution >= 0.6 is 0 Å². The first-order valence-corrected chi connectivity index (χ1v) is 6.20. The molecule has 0 aromatic heterocycles. The lowest BCUT2D eigenvalue weighted by Crippen LogP contribution is -2.35. The number of carbonyl (C=O) groups excluding carboxylic acids is 1. The van der Waals surface area contributed by atoms with Gasteiger partial charge in [-0.25, -0.2) is 0 Å². The average molecular weight is 264 g/mol. The minimum Gasteiger partial charge on any atom is -0.481 e. The van der Waals surface area contributed by atoms with Crippen molar-refractivity contribution in [2.24, 2.45) is 11.8 Å². The predicted molar refractivity (Wildman–Crippen MR) is 73.9 cm³/mol. The quantitative estimate of drug-likeness (QED) is 0.705. The molecular weight excluding hydrogens is 244 g/mol. The van der Waals surface area contributed by atoms with E-state index in [0.717, 1.165) is 5.56 Å². The largest absolute Gasteiger partial charge is 0.481 e. The zero-order chi connectivity index (χ0) is 14.6. The van der Waals surface area contributed by atoms with Crippen LogP contribution in [0.15, 0.2) is 18.2 Å². The van der Waals surface area contributed by atoms with Crippen LogP contribution in [0.2, 0.25) is 0 Å². The summed E-state index contributed by atoms with van der Waals surface area (Å²) in [5, 5.41) is 11.7. The number of carboxylic acids is 1. The van der Waals surface area contributed by atoms with Crippen molar-refractivity contribution < 1.29 is 14.7 Å². The van der Waals surface area contributed by atoms with Crippen LogP contribution in [0, 0.1) is 18.8 Å². The number of amides is 1. The molecule has 0 heterocycles. The number of rotatable bonds is 5. The van der Waals surface area contributed by atoms with E-state index in [-0.39, 0.29) is 18.4 Å². The normalized spacial score (nSPS) is 12.2. The predicted octanol–water partition coefficient (Wildman–Crippen LogP) is 1.66. The fourth-order valence-electron chi connectivity index (χ4n) is 1.73. The standard InChI is InChI=1S/C14H20N2O3/c1-8(2)11(14(18)19)7-16-13(17)10-4-5-12(15)9(3)6-10/h4-6,8,11H,7,15H2,1-3H3,(H,16,17)(H,18,19). The molecule has 0 radical (unpaired) electrons. The molecule has 0 fully saturated rings. The monoisotopic (exact) mass is 264 g/mol. The summed E-state index contributed by atoms with van der Waals surface area (Å²) in [7, 11) is 0. The SMILES string of the molecule is Cc1cc(C(=O)NCC(C(=O)O)C(C)C)ccc1N. The Balaban J connectivity index is 2.69. The zero-order valence-electron chi connectivity index (χ0n) is 11.4. The maximum absolute atomic E-state index is 11.9. The summed E-state index contributed by atoms with van der Waals surface area (Å²) in [6.07, 6.45) is 0. The van der Waals surface area contributed by atoms with Gasteiger partial charge in [0.15, 0.2) is 0 Å². The lowest BCUT2D eigenvalue weighted by molar-refractivity contribution is -0.142. The molecule has 1 unspecified atom stereocenters. The second-order valence-electron chi connectivity index (χ2n) is 4.97. The summed E-state index contributed by atoms with van der Waals surface area (Å²) in [5.41, 5.74) is 7.62. The lowest BCUT2D eigenvalue weighted by Gasteiger charge is -2.16. The van der Waals surface area contributed by atoms with Gasteiger partial charge in [-0.1, -0.05) is 13.8 Å². The van der Waals surface area contributed by atoms with E-state index in [4.69, 9.17) is 10.8 Å². The van der Waals surface area contributed by atoms with Crippen molar-refractivity contribution in [3.05, 3.63) is 29.3 Å². The highest BCUT2D eigenvalue weighted by atomic mass is 16.4. The summed E-state index contributed by atoms with van der Waals surface area (Å²) >= 11 is 0. The third-order valence-corrected chi connectivity index (χ3v) is 3.14. The zero-order valence-corrected chi connectivity index (χ0v) is 11.4. The van der Waals surface area contributed by atoms with Crippen molar-refractivity contribution in [1.29, 1.82) is 0 Å². The number of nitrogens with two attached hydrogens (primary N) is 1. The third kappa shape index (κ3) is 3.98. The second-order valence-corrected chi connectivity index (χ2v) is 4.97. The van der Waals surface area contributed by atoms with Crippen molar-refractivity contribution in [2.75, 3.05) is 12.3 Å². The molecule has 0 aliphatic carbocycles. The average Bonchev–Trinajstić information content (AvgIpc) is 2.31. The number of nitrogen functional groups attached to an aromatic ring is 1. The number of hydrogen-bond acceptors (Lipinski definition) is 3. The van der Waals surface area contributed by atoms with Gasteiger partial charge in [-0.05, 0) is 36.6 Å². The summed E-state index contributed by atoms with van der Waals surface area (Å²) in [5.74, 6) is -1.80. The molecule has 0 aliphatic rings. The molecular formula is C14H20N2O3. The minimum absolute atomic E-state index is 0.0362. The Morgan fingerprint density at radius 1 is 1.37 bits per heavy atom. The Hall–Kier alpha value is -2.04. The van der Waals surface area contributed by atoms with E-state index in [9.17, 15) is 9.59 Å². The molecule has 1 amide bonds. The fraction of sp³-hybridized carbons (Fsp3) is 0.429. The molecule has 0 spiro atoms. The molecule has 0 aliphatic heterocycles. The van der Waals surface area contributed by atoms with E-state index in [0.29, 0.717) is 11.3 Å². The topological polar surface area (TPSA) is 92.4 Å². The first-order valence-electron chi connectivity index (χ1n) is 6.20. The van der Waals surface area contributed by atoms with E-state index in [1.807, 2.05) is 20.8 Å². The van der Waals surface area contributed by atoms with Crippen molar-refractivity contribution in [3.63, 3.8) is 0 Å². The summed E-state index contributed by atoms with van der Waals surface area (Å²) in [6.45, 7) is 5.58. The first kappa shape index (κ1) is 15.0. The van der Waals surface area contributed by atoms with Gasteiger partial charge in [-0.3, -0.25) is 9.59 Å². The van der Waals surface area contributed by atoms with Gasteiger partial charge in [0.25, 0.3) is 5.91 Å². The molecule has 104 valence electrons. The van der Waals surface area contributed by atoms with Gasteiger partial charge in [-0.15, -0.1) is 0 Å². The van der Waals surface area contributed by atoms with E-state index < -0.39 is 11.9 Å². The molecule has 1 atom stereocenters. The van der Waals surface area contributed by atoms with Crippen molar-refractivity contribution in [3.8, 4) is 0 Å². The van der Waals surface area contributed by atoms with Gasteiger partial charge in [0.2, 0.25) is 0 Å². The highest BCUT2D eigenvalue weighted by molar-refractivity contribution is 5.95. The fourth-order valence-corrected chi connectivity index (χ4v) is 1.73. The van der Waals surface area contributed by atoms with Crippen molar-refractivity contribution >= 4 is 17.6 Å². The maximum Gasteiger partial charge on any atom is 0.308 e. The van der Waals surface area contributed by atoms with Crippen LogP contribution in [0.1, 0.15) is 29.8 Å². The van der Waals surface area contributed by atoms with E-state index in [1.54, 1.807) is 18.2 Å². The number of hydrogen-bond donors (Lipinski definition) is 3. The first-order chi connectivity index (χ1) is 8.82. The summed E-state index contributed by atoms with van der Waals surface area (Å²) in [4.78, 5) is 22.9. The van der Waals surface area contributed by atoms with Crippen LogP contribution in [0.5, 0.6) is 0 Å². The van der Waals surface area contributed by atoms with Crippen molar-refractivity contribution in [1.82, 2.24) is 5.32 Å². The van der Waals surface area contributed by atoms with Crippen LogP contribution in [0.3, 0.4) is 0 Å². The molecule has 19 heavy (non-hydrogen) atoms. The highest BCUT2D eigenvalue weighted by Gasteiger charge is 2.22. The molecule has 5 nitrogen and oxygen atoms in total. The van der Waals surface area contributed by atoms with Crippen LogP contribution in [0.4, 0.5) is 5.69 Å². The highest BCUT2D eigenvalue weighted by Crippen LogP contribution is 2.13. The maximum atomic E-state index is 11.9. The Morgan fingerprint density at radius 3 is 2.47 bits per heavy atom. The molecule has 1 rings (SSSR count). The van der Waals surface area contributed by atoms with E-state index in [1.165, 1.54) is 0 Å². The van der Waals surface area contributed by atoms with Gasteiger partial charge in [0.1, 0.15) is 0 Å². The number of nitrogens with one attached hydrogen (secondary N) is 1. The van der Waals surface area contributed by atoms with Crippen LogP contribution in [-0.2, 0) is 4.79 Å². The van der Waals surface area contributed by atoms with Crippen LogP contribution in [0.25, 0.3) is 0 Å². The molecule has 0 saturated heterocycles. The Bertz CT molecular complexity index is 484. The Labute approximate surface area is 112 Å². The van der Waals surface area contributed by atoms with Crippen LogP contribution in [-0.4, -0.2) is 23.5 Å². The molecule has 0 bridgehead atoms. The minimum atomic E-state index is -0.899. The van der Waals surface area contributed by atoms with E-state index in [2.05, 4.69) is 5.32 Å². The second kappa shape index (κ2) is 6.22. The van der Waals surface area contributed by atoms with Gasteiger partial charge in [0.05, 0.1) is 5.92 Å². The molecule has 0 saturated carbocycles. The summed E-state index contributed by atoms with van der Waals surface area (Å²) < 4.78 is 0. The lowest BCUT2D eigenvalue weighted by atomic mass is 9.96. The Kier molecular flexibility index (Phi) is 4.92. The van der Waals surface area contributed by atoms with Crippen LogP contribution < -0.4 is 11.1 Å². The Morgan fingerprint density at radius 2 is 2.00 bits per heavy atom. The number of carbonyl (C=O) groups is 2. The third-order valence-electron chi connectivity index (χ3n) is 3.14. The smallest absolute Gasteiger partial charge is 0.308 e. The number of aliphatic carboxylic acids is 1.